The molecule has 0 fully saturated rings. The molecule has 0 radical (unpaired) electrons. The van der Waals surface area contributed by atoms with Crippen LogP contribution in [-0.2, 0) is 0 Å². The minimum absolute atomic E-state index is 0.754. The highest BCUT2D eigenvalue weighted by Gasteiger charge is 2.18. The monoisotopic (exact) mass is 1220 g/mol. The number of hydrogen-bond acceptors (Lipinski definition) is 2. The molecule has 0 saturated heterocycles. The molecule has 0 spiro atoms. The van der Waals surface area contributed by atoms with E-state index in [4.69, 9.17) is 0 Å². The second kappa shape index (κ2) is 50.1. The topological polar surface area (TPSA) is 0 Å². The lowest BCUT2D eigenvalue weighted by Crippen LogP contribution is -2.00. The Hall–Kier alpha value is 0.240. The van der Waals surface area contributed by atoms with Crippen LogP contribution in [0.5, 0.6) is 0 Å². The van der Waals surface area contributed by atoms with Crippen LogP contribution < -0.4 is 0 Å². The Bertz CT molecular complexity index is 1450. The van der Waals surface area contributed by atoms with Gasteiger partial charge in [0.05, 0.1) is 26.3 Å². The van der Waals surface area contributed by atoms with Gasteiger partial charge in [0.2, 0.25) is 0 Å². The average Bonchev–Trinajstić information content (AvgIpc) is 3.83. The summed E-state index contributed by atoms with van der Waals surface area (Å²) in [6, 6.07) is 0. The van der Waals surface area contributed by atoms with Gasteiger partial charge in [0.25, 0.3) is 0 Å². The molecular weight excluding hydrogens is 1110 g/mol. The molecule has 0 nitrogen and oxygen atoms in total. The van der Waals surface area contributed by atoms with Gasteiger partial charge in [-0.05, 0) is 82.7 Å². The van der Waals surface area contributed by atoms with E-state index in [0.717, 1.165) is 24.7 Å². The number of thiophene rings is 2. The first-order chi connectivity index (χ1) is 34.5. The van der Waals surface area contributed by atoms with E-state index in [9.17, 15) is 0 Å². The lowest BCUT2D eigenvalue weighted by atomic mass is 9.91. The van der Waals surface area contributed by atoms with Gasteiger partial charge in [-0.2, -0.15) is 0 Å². The van der Waals surface area contributed by atoms with Crippen molar-refractivity contribution >= 4 is 77.3 Å². The predicted molar refractivity (Wildman–Crippen MR) is 339 cm³/mol. The summed E-state index contributed by atoms with van der Waals surface area (Å²) >= 11 is 9.07. The van der Waals surface area contributed by atoms with Crippen molar-refractivity contribution in [2.24, 2.45) is 11.8 Å². The highest BCUT2D eigenvalue weighted by atomic mass is 127. The minimum atomic E-state index is 0.754. The first-order valence-corrected chi connectivity index (χ1v) is 35.2. The molecule has 0 aliphatic carbocycles. The van der Waals surface area contributed by atoms with E-state index in [1.165, 1.54) is 334 Å². The molecule has 2 aromatic rings. The Labute approximate surface area is 474 Å². The zero-order valence-corrected chi connectivity index (χ0v) is 53.0. The van der Waals surface area contributed by atoms with Crippen molar-refractivity contribution in [2.75, 3.05) is 0 Å². The van der Waals surface area contributed by atoms with Gasteiger partial charge in [0.15, 0.2) is 0 Å². The van der Waals surface area contributed by atoms with E-state index < -0.39 is 0 Å². The first-order valence-electron chi connectivity index (χ1n) is 31.4. The van der Waals surface area contributed by atoms with Gasteiger partial charge in [-0.1, -0.05) is 334 Å². The number of hydrogen-bond donors (Lipinski definition) is 0. The average molecular weight is 1230 g/mol. The minimum Gasteiger partial charge on any atom is -0.126 e. The summed E-state index contributed by atoms with van der Waals surface area (Å²) in [5.41, 5.74) is 2.59. The molecule has 2 rings (SSSR count). The van der Waals surface area contributed by atoms with Crippen molar-refractivity contribution in [1.29, 1.82) is 0 Å². The fraction of sp³-hybridized carbons (Fsp3) is 0.848. The van der Waals surface area contributed by atoms with Crippen LogP contribution in [0.1, 0.15) is 360 Å². The summed E-state index contributed by atoms with van der Waals surface area (Å²) in [5, 5.41) is 0. The van der Waals surface area contributed by atoms with Gasteiger partial charge in [-0.3, -0.25) is 0 Å². The molecule has 0 aliphatic rings. The van der Waals surface area contributed by atoms with Gasteiger partial charge in [0, 0.05) is 12.8 Å². The van der Waals surface area contributed by atoms with Crippen LogP contribution in [0, 0.1) is 41.3 Å². The van der Waals surface area contributed by atoms with Crippen molar-refractivity contribution in [3.8, 4) is 23.7 Å². The molecule has 2 unspecified atom stereocenters. The molecule has 2 aromatic heterocycles. The lowest BCUT2D eigenvalue weighted by molar-refractivity contribution is 0.409. The standard InChI is InChI=1S/C66H114I2S2/c1-5-9-13-17-21-25-29-31-35-39-43-47-53-59(51-45-41-37-33-27-23-19-15-11-7-3)55-49-57-61-63-64(70-65(61)67)62(66(68)69-63)58-50-56-60(52-46-42-38-34-28-24-20-16-12-8-4)54-48-44-40-36-32-30-26-22-18-14-10-6-2/h59-60H,5-48,51-56H2,1-4H3. The van der Waals surface area contributed by atoms with E-state index in [0.29, 0.717) is 0 Å². The van der Waals surface area contributed by atoms with Gasteiger partial charge in [-0.25, -0.2) is 0 Å². The smallest absolute Gasteiger partial charge is 0.0831 e. The largest absolute Gasteiger partial charge is 0.126 e. The number of fused-ring (bicyclic) bond motifs is 1. The number of unbranched alkanes of at least 4 members (excludes halogenated alkanes) is 40. The maximum Gasteiger partial charge on any atom is 0.0831 e. The van der Waals surface area contributed by atoms with Crippen LogP contribution >= 0.6 is 67.9 Å². The fourth-order valence-corrected chi connectivity index (χ4v) is 15.4. The van der Waals surface area contributed by atoms with Gasteiger partial charge >= 0.3 is 0 Å². The maximum atomic E-state index is 3.80. The second-order valence-electron chi connectivity index (χ2n) is 22.2. The normalized spacial score (nSPS) is 12.4. The van der Waals surface area contributed by atoms with Crippen molar-refractivity contribution in [3.63, 3.8) is 0 Å². The molecule has 0 saturated carbocycles. The van der Waals surface area contributed by atoms with Crippen LogP contribution in [-0.4, -0.2) is 0 Å². The SMILES string of the molecule is CCCCCCCCCCCCCCC(CC#Cc1c(I)sc2c(C#CCC(CCCCCCCCCCCC)CCCCCCCCCCCCCC)c(I)sc12)CCCCCCCCCCCC. The molecule has 70 heavy (non-hydrogen) atoms. The quantitative estimate of drug-likeness (QED) is 0.0352. The Morgan fingerprint density at radius 2 is 0.471 bits per heavy atom. The third kappa shape index (κ3) is 36.3. The van der Waals surface area contributed by atoms with E-state index in [1.54, 1.807) is 0 Å². The first kappa shape index (κ1) is 66.4. The van der Waals surface area contributed by atoms with Crippen LogP contribution in [0.25, 0.3) is 9.40 Å². The highest BCUT2D eigenvalue weighted by Crippen LogP contribution is 2.42. The Kier molecular flexibility index (Phi) is 47.5. The molecule has 0 bridgehead atoms. The van der Waals surface area contributed by atoms with Gasteiger partial charge in [0.1, 0.15) is 0 Å². The maximum absolute atomic E-state index is 3.80. The second-order valence-corrected chi connectivity index (χ2v) is 27.9. The zero-order chi connectivity index (χ0) is 50.2. The van der Waals surface area contributed by atoms with Crippen LogP contribution in [0.15, 0.2) is 0 Å². The summed E-state index contributed by atoms with van der Waals surface area (Å²) in [6.07, 6.45) is 70.4. The van der Waals surface area contributed by atoms with E-state index in [2.05, 4.69) is 96.6 Å². The van der Waals surface area contributed by atoms with E-state index in [1.807, 2.05) is 22.7 Å². The van der Waals surface area contributed by atoms with Gasteiger partial charge in [-0.15, -0.1) is 22.7 Å². The molecule has 2 atom stereocenters. The Morgan fingerprint density at radius 3 is 0.671 bits per heavy atom. The summed E-state index contributed by atoms with van der Waals surface area (Å²) in [5.74, 6) is 16.7. The van der Waals surface area contributed by atoms with Crippen molar-refractivity contribution in [2.45, 2.75) is 349 Å². The van der Waals surface area contributed by atoms with Gasteiger partial charge < -0.3 is 0 Å². The molecule has 2 heterocycles. The summed E-state index contributed by atoms with van der Waals surface area (Å²) in [7, 11) is 0. The summed E-state index contributed by atoms with van der Waals surface area (Å²) < 4.78 is 5.54. The molecule has 0 amide bonds. The summed E-state index contributed by atoms with van der Waals surface area (Å²) in [4.78, 5) is 0. The van der Waals surface area contributed by atoms with Crippen LogP contribution in [0.4, 0.5) is 0 Å². The highest BCUT2D eigenvalue weighted by molar-refractivity contribution is 14.1. The predicted octanol–water partition coefficient (Wildman–Crippen LogP) is 25.7. The van der Waals surface area contributed by atoms with E-state index in [-0.39, 0.29) is 0 Å². The Balaban J connectivity index is 1.97. The third-order valence-electron chi connectivity index (χ3n) is 15.5. The lowest BCUT2D eigenvalue weighted by Gasteiger charge is -2.14. The fourth-order valence-electron chi connectivity index (χ4n) is 10.7. The molecule has 0 aliphatic heterocycles. The molecule has 4 heteroatoms. The number of rotatable bonds is 50. The van der Waals surface area contributed by atoms with Crippen LogP contribution in [0.2, 0.25) is 0 Å². The molecule has 404 valence electrons. The number of halogens is 2. The zero-order valence-electron chi connectivity index (χ0n) is 47.1. The molecule has 0 aromatic carbocycles. The third-order valence-corrected chi connectivity index (χ3v) is 20.0. The summed E-state index contributed by atoms with van der Waals surface area (Å²) in [6.45, 7) is 9.28. The van der Waals surface area contributed by atoms with Crippen LogP contribution in [0.3, 0.4) is 0 Å². The van der Waals surface area contributed by atoms with E-state index >= 15 is 0 Å². The van der Waals surface area contributed by atoms with Crippen molar-refractivity contribution < 1.29 is 0 Å². The molecular formula is C66H114I2S2. The van der Waals surface area contributed by atoms with Crippen molar-refractivity contribution in [1.82, 2.24) is 0 Å². The van der Waals surface area contributed by atoms with Crippen molar-refractivity contribution in [3.05, 3.63) is 16.9 Å². The Morgan fingerprint density at radius 1 is 0.286 bits per heavy atom. The molecule has 0 N–H and O–H groups in total.